The lowest BCUT2D eigenvalue weighted by Crippen LogP contribution is -2.28. The second-order valence-electron chi connectivity index (χ2n) is 14.5. The molecule has 57 heavy (non-hydrogen) atoms. The molecule has 0 fully saturated rings. The van der Waals surface area contributed by atoms with Crippen LogP contribution in [0.15, 0.2) is 188 Å². The number of benzene rings is 8. The minimum absolute atomic E-state index is 0.510. The average Bonchev–Trinajstić information content (AvgIpc) is 3.97. The lowest BCUT2D eigenvalue weighted by atomic mass is 9.67. The van der Waals surface area contributed by atoms with Gasteiger partial charge >= 0.3 is 0 Å². The molecule has 8 aromatic carbocycles. The van der Waals surface area contributed by atoms with E-state index >= 15 is 0 Å². The summed E-state index contributed by atoms with van der Waals surface area (Å²) in [5.74, 6) is 1.75. The van der Waals surface area contributed by atoms with Crippen LogP contribution in [0.3, 0.4) is 0 Å². The molecule has 0 spiro atoms. The Labute approximate surface area is 340 Å². The van der Waals surface area contributed by atoms with Gasteiger partial charge in [-0.3, -0.25) is 0 Å². The number of hydrogen-bond acceptors (Lipinski definition) is 5. The summed E-state index contributed by atoms with van der Waals surface area (Å²) in [7, 11) is 0. The van der Waals surface area contributed by atoms with Gasteiger partial charge in [-0.15, -0.1) is 22.7 Å². The van der Waals surface area contributed by atoms with Gasteiger partial charge in [-0.25, -0.2) is 15.0 Å². The van der Waals surface area contributed by atoms with E-state index in [-0.39, 0.29) is 0 Å². The summed E-state index contributed by atoms with van der Waals surface area (Å²) in [5.41, 5.74) is 9.22. The van der Waals surface area contributed by atoms with Crippen molar-refractivity contribution in [1.29, 1.82) is 0 Å². The molecule has 0 saturated carbocycles. The third-order valence-corrected chi connectivity index (χ3v) is 13.9. The molecule has 0 bridgehead atoms. The first kappa shape index (κ1) is 30.4. The van der Waals surface area contributed by atoms with Crippen molar-refractivity contribution in [2.75, 3.05) is 0 Å². The Kier molecular flexibility index (Phi) is 6.74. The van der Waals surface area contributed by atoms with E-state index in [1.54, 1.807) is 22.7 Å². The molecule has 0 saturated heterocycles. The van der Waals surface area contributed by atoms with E-state index in [9.17, 15) is 0 Å². The molecule has 0 aliphatic heterocycles. The molecule has 1 aliphatic carbocycles. The minimum atomic E-state index is -0.573. The van der Waals surface area contributed by atoms with Crippen LogP contribution in [0, 0.1) is 0 Å². The SMILES string of the molecule is [2H]c1cccc2c1sc1c(-c3nc(-c4cccc5c4-c4ccccc4C5(c4ccccc4)c4ccccc4)nc(-c4cccc5c4sc4c([2H])cccc45)n3)cccc12. The molecular formula is C52H31N3S2. The van der Waals surface area contributed by atoms with Crippen molar-refractivity contribution < 1.29 is 2.74 Å². The highest BCUT2D eigenvalue weighted by atomic mass is 32.1. The maximum absolute atomic E-state index is 8.75. The first-order valence-corrected chi connectivity index (χ1v) is 20.7. The Morgan fingerprint density at radius 2 is 0.789 bits per heavy atom. The number of aromatic nitrogens is 3. The molecule has 5 heteroatoms. The fourth-order valence-corrected chi connectivity index (χ4v) is 11.5. The van der Waals surface area contributed by atoms with Crippen molar-refractivity contribution in [1.82, 2.24) is 15.0 Å². The summed E-state index contributed by atoms with van der Waals surface area (Å²) in [6.07, 6.45) is 0. The minimum Gasteiger partial charge on any atom is -0.208 e. The van der Waals surface area contributed by atoms with Crippen LogP contribution in [-0.2, 0) is 5.41 Å². The summed E-state index contributed by atoms with van der Waals surface area (Å²) >= 11 is 3.24. The van der Waals surface area contributed by atoms with Gasteiger partial charge in [0.05, 0.1) is 8.16 Å². The van der Waals surface area contributed by atoms with Crippen LogP contribution >= 0.6 is 22.7 Å². The zero-order valence-corrected chi connectivity index (χ0v) is 32.0. The first-order valence-electron chi connectivity index (χ1n) is 20.0. The Morgan fingerprint density at radius 3 is 1.37 bits per heavy atom. The van der Waals surface area contributed by atoms with Gasteiger partial charge in [-0.1, -0.05) is 164 Å². The average molecular weight is 764 g/mol. The molecular weight excluding hydrogens is 731 g/mol. The third kappa shape index (κ3) is 4.73. The van der Waals surface area contributed by atoms with Crippen LogP contribution in [-0.4, -0.2) is 15.0 Å². The summed E-state index contributed by atoms with van der Waals surface area (Å²) in [4.78, 5) is 16.2. The van der Waals surface area contributed by atoms with Gasteiger partial charge in [-0.2, -0.15) is 0 Å². The lowest BCUT2D eigenvalue weighted by molar-refractivity contribution is 0.768. The molecule has 0 amide bonds. The predicted octanol–water partition coefficient (Wildman–Crippen LogP) is 14.0. The monoisotopic (exact) mass is 763 g/mol. The van der Waals surface area contributed by atoms with Gasteiger partial charge in [0.2, 0.25) is 0 Å². The number of thiophene rings is 2. The summed E-state index contributed by atoms with van der Waals surface area (Å²) in [6, 6.07) is 62.4. The van der Waals surface area contributed by atoms with Crippen molar-refractivity contribution >= 4 is 63.0 Å². The molecule has 0 unspecified atom stereocenters. The Morgan fingerprint density at radius 1 is 0.368 bits per heavy atom. The lowest BCUT2D eigenvalue weighted by Gasteiger charge is -2.33. The summed E-state index contributed by atoms with van der Waals surface area (Å²) in [5, 5.41) is 4.29. The highest BCUT2D eigenvalue weighted by Crippen LogP contribution is 2.58. The van der Waals surface area contributed by atoms with Crippen molar-refractivity contribution in [3.63, 3.8) is 0 Å². The molecule has 3 heterocycles. The van der Waals surface area contributed by atoms with E-state index < -0.39 is 5.41 Å². The zero-order valence-electron chi connectivity index (χ0n) is 32.4. The van der Waals surface area contributed by atoms with E-state index in [1.807, 2.05) is 24.3 Å². The zero-order chi connectivity index (χ0) is 39.2. The molecule has 12 rings (SSSR count). The second-order valence-corrected chi connectivity index (χ2v) is 16.5. The number of rotatable bonds is 5. The van der Waals surface area contributed by atoms with Gasteiger partial charge in [0.1, 0.15) is 0 Å². The molecule has 3 aromatic heterocycles. The fourth-order valence-electron chi connectivity index (χ4n) is 9.13. The van der Waals surface area contributed by atoms with Gasteiger partial charge in [0.25, 0.3) is 0 Å². The summed E-state index contributed by atoms with van der Waals surface area (Å²) < 4.78 is 21.5. The molecule has 0 radical (unpaired) electrons. The highest BCUT2D eigenvalue weighted by Gasteiger charge is 2.47. The fraction of sp³-hybridized carbons (Fsp3) is 0.0192. The second kappa shape index (κ2) is 12.6. The first-order chi connectivity index (χ1) is 29.1. The quantitative estimate of drug-likeness (QED) is 0.175. The van der Waals surface area contributed by atoms with Crippen molar-refractivity contribution in [2.45, 2.75) is 5.41 Å². The van der Waals surface area contributed by atoms with Gasteiger partial charge in [0.15, 0.2) is 17.5 Å². The number of hydrogen-bond donors (Lipinski definition) is 0. The Bertz CT molecular complexity index is 3310. The van der Waals surface area contributed by atoms with Crippen LogP contribution in [0.1, 0.15) is 25.0 Å². The topological polar surface area (TPSA) is 38.7 Å². The summed E-state index contributed by atoms with van der Waals surface area (Å²) in [6.45, 7) is 0. The maximum Gasteiger partial charge on any atom is 0.165 e. The van der Waals surface area contributed by atoms with Crippen LogP contribution < -0.4 is 0 Å². The van der Waals surface area contributed by atoms with Crippen LogP contribution in [0.25, 0.3) is 85.6 Å². The molecule has 0 N–H and O–H groups in total. The van der Waals surface area contributed by atoms with E-state index in [0.29, 0.717) is 29.6 Å². The van der Waals surface area contributed by atoms with Gasteiger partial charge < -0.3 is 0 Å². The van der Waals surface area contributed by atoms with Crippen molar-refractivity contribution in [2.24, 2.45) is 0 Å². The van der Waals surface area contributed by atoms with Gasteiger partial charge in [-0.05, 0) is 57.6 Å². The molecule has 0 atom stereocenters. The third-order valence-electron chi connectivity index (χ3n) is 11.5. The van der Waals surface area contributed by atoms with Crippen LogP contribution in [0.2, 0.25) is 0 Å². The van der Waals surface area contributed by atoms with E-state index in [1.165, 1.54) is 22.3 Å². The largest absolute Gasteiger partial charge is 0.208 e. The standard InChI is InChI=1S/C52H31N3S2/c1-3-16-32(17-4-1)52(33-18-5-2-6-19-33)42-28-10-7-22-38(42)46-39(25-15-29-43(46)52)49-53-50(40-26-13-23-36-34-20-8-11-30-44(34)56-47(36)40)55-51(54-49)41-27-14-24-37-35-21-9-12-31-45(35)57-48(37)41/h1-31H/i30D,31D. The Hall–Kier alpha value is -6.79. The van der Waals surface area contributed by atoms with E-state index in [2.05, 4.69) is 152 Å². The Balaban J connectivity index is 1.18. The predicted molar refractivity (Wildman–Crippen MR) is 239 cm³/mol. The van der Waals surface area contributed by atoms with E-state index in [0.717, 1.165) is 68.2 Å². The number of fused-ring (bicyclic) bond motifs is 9. The van der Waals surface area contributed by atoms with Crippen molar-refractivity contribution in [3.8, 4) is 45.3 Å². The van der Waals surface area contributed by atoms with Crippen molar-refractivity contribution in [3.05, 3.63) is 210 Å². The molecule has 3 nitrogen and oxygen atoms in total. The van der Waals surface area contributed by atoms with Crippen LogP contribution in [0.4, 0.5) is 0 Å². The van der Waals surface area contributed by atoms with Crippen LogP contribution in [0.5, 0.6) is 0 Å². The van der Waals surface area contributed by atoms with Gasteiger partial charge in [0, 0.05) is 57.0 Å². The normalized spacial score (nSPS) is 13.5. The maximum atomic E-state index is 8.75. The van der Waals surface area contributed by atoms with E-state index in [4.69, 9.17) is 17.7 Å². The smallest absolute Gasteiger partial charge is 0.165 e. The molecule has 11 aromatic rings. The molecule has 1 aliphatic rings. The number of nitrogens with zero attached hydrogens (tertiary/aromatic N) is 3. The molecule has 266 valence electrons. The highest BCUT2D eigenvalue weighted by molar-refractivity contribution is 7.26.